The molecule has 0 aliphatic heterocycles. The van der Waals surface area contributed by atoms with Crippen molar-refractivity contribution in [2.24, 2.45) is 0 Å². The van der Waals surface area contributed by atoms with E-state index in [-0.39, 0.29) is 10.6 Å². The first-order valence-corrected chi connectivity index (χ1v) is 8.58. The number of hydrogen-bond acceptors (Lipinski definition) is 3. The molecule has 0 aliphatic carbocycles. The lowest BCUT2D eigenvalue weighted by Crippen LogP contribution is -1.92. The molecule has 0 amide bonds. The number of aromatic nitrogens is 1. The van der Waals surface area contributed by atoms with E-state index in [1.54, 1.807) is 12.1 Å². The Morgan fingerprint density at radius 1 is 0.593 bits per heavy atom. The highest BCUT2D eigenvalue weighted by Crippen LogP contribution is 2.31. The molecular weight excluding hydrogens is 336 g/mol. The van der Waals surface area contributed by atoms with Crippen LogP contribution in [0.3, 0.4) is 0 Å². The lowest BCUT2D eigenvalue weighted by atomic mass is 9.99. The molecule has 4 heteroatoms. The summed E-state index contributed by atoms with van der Waals surface area (Å²) >= 11 is 0. The summed E-state index contributed by atoms with van der Waals surface area (Å²) in [5, 5.41) is 11.2. The van der Waals surface area contributed by atoms with Gasteiger partial charge in [0.05, 0.1) is 16.3 Å². The maximum Gasteiger partial charge on any atom is 0.270 e. The monoisotopic (exact) mass is 352 g/mol. The van der Waals surface area contributed by atoms with E-state index in [1.807, 2.05) is 78.9 Å². The Balaban J connectivity index is 1.91. The molecule has 27 heavy (non-hydrogen) atoms. The molecule has 0 N–H and O–H groups in total. The van der Waals surface area contributed by atoms with Crippen LogP contribution in [0.25, 0.3) is 33.6 Å². The van der Waals surface area contributed by atoms with Gasteiger partial charge in [-0.2, -0.15) is 0 Å². The van der Waals surface area contributed by atoms with Gasteiger partial charge in [-0.25, -0.2) is 4.98 Å². The summed E-state index contributed by atoms with van der Waals surface area (Å²) in [7, 11) is 0. The van der Waals surface area contributed by atoms with Crippen LogP contribution in [-0.4, -0.2) is 9.91 Å². The third-order valence-corrected chi connectivity index (χ3v) is 4.35. The van der Waals surface area contributed by atoms with Crippen LogP contribution in [-0.2, 0) is 0 Å². The molecule has 0 saturated carbocycles. The first-order valence-electron chi connectivity index (χ1n) is 8.58. The number of nitrogens with zero attached hydrogens (tertiary/aromatic N) is 2. The molecule has 0 aliphatic rings. The first-order chi connectivity index (χ1) is 13.2. The lowest BCUT2D eigenvalue weighted by Gasteiger charge is -2.10. The average Bonchev–Trinajstić information content (AvgIpc) is 2.75. The number of rotatable bonds is 4. The molecule has 0 unspecified atom stereocenters. The second kappa shape index (κ2) is 7.22. The summed E-state index contributed by atoms with van der Waals surface area (Å²) in [4.78, 5) is 15.6. The van der Waals surface area contributed by atoms with Crippen LogP contribution in [0.2, 0.25) is 0 Å². The maximum atomic E-state index is 11.2. The second-order valence-electron chi connectivity index (χ2n) is 6.17. The first kappa shape index (κ1) is 16.7. The van der Waals surface area contributed by atoms with Crippen molar-refractivity contribution < 1.29 is 4.92 Å². The highest BCUT2D eigenvalue weighted by molar-refractivity contribution is 5.77. The molecule has 0 spiro atoms. The van der Waals surface area contributed by atoms with Crippen LogP contribution in [0, 0.1) is 10.1 Å². The van der Waals surface area contributed by atoms with Gasteiger partial charge in [0.15, 0.2) is 0 Å². The van der Waals surface area contributed by atoms with Gasteiger partial charge in [0.2, 0.25) is 0 Å². The molecule has 0 fully saturated rings. The van der Waals surface area contributed by atoms with Crippen molar-refractivity contribution in [2.45, 2.75) is 0 Å². The summed E-state index contributed by atoms with van der Waals surface area (Å²) in [6.07, 6.45) is 0. The van der Waals surface area contributed by atoms with Crippen LogP contribution in [0.5, 0.6) is 0 Å². The van der Waals surface area contributed by atoms with Crippen LogP contribution in [0.4, 0.5) is 5.69 Å². The van der Waals surface area contributed by atoms with Gasteiger partial charge in [0.1, 0.15) is 0 Å². The average molecular weight is 352 g/mol. The van der Waals surface area contributed by atoms with E-state index in [2.05, 4.69) is 0 Å². The van der Waals surface area contributed by atoms with Crippen molar-refractivity contribution in [3.8, 4) is 33.6 Å². The topological polar surface area (TPSA) is 56.0 Å². The number of hydrogen-bond donors (Lipinski definition) is 0. The Kier molecular flexibility index (Phi) is 4.45. The van der Waals surface area contributed by atoms with Crippen molar-refractivity contribution in [2.75, 3.05) is 0 Å². The van der Waals surface area contributed by atoms with Gasteiger partial charge in [-0.05, 0) is 23.3 Å². The Morgan fingerprint density at radius 2 is 1.11 bits per heavy atom. The summed E-state index contributed by atoms with van der Waals surface area (Å²) in [5.74, 6) is 0. The van der Waals surface area contributed by atoms with E-state index < -0.39 is 0 Å². The number of nitro groups is 1. The molecule has 4 rings (SSSR count). The third kappa shape index (κ3) is 3.60. The van der Waals surface area contributed by atoms with Crippen molar-refractivity contribution in [3.05, 3.63) is 107 Å². The predicted octanol–water partition coefficient (Wildman–Crippen LogP) is 5.99. The van der Waals surface area contributed by atoms with Crippen LogP contribution >= 0.6 is 0 Å². The van der Waals surface area contributed by atoms with Gasteiger partial charge in [-0.1, -0.05) is 72.8 Å². The van der Waals surface area contributed by atoms with E-state index in [4.69, 9.17) is 4.98 Å². The van der Waals surface area contributed by atoms with E-state index in [9.17, 15) is 10.1 Å². The summed E-state index contributed by atoms with van der Waals surface area (Å²) in [6, 6.07) is 30.5. The molecule has 0 atom stereocenters. The minimum atomic E-state index is -0.374. The van der Waals surface area contributed by atoms with Crippen LogP contribution in [0.1, 0.15) is 0 Å². The van der Waals surface area contributed by atoms with E-state index in [0.717, 1.165) is 33.6 Å². The maximum absolute atomic E-state index is 11.2. The molecule has 4 nitrogen and oxygen atoms in total. The zero-order valence-electron chi connectivity index (χ0n) is 14.4. The summed E-state index contributed by atoms with van der Waals surface area (Å²) in [6.45, 7) is 0. The standard InChI is InChI=1S/C23H16N2O2/c26-25(27)21-13-7-12-19(14-21)20-15-22(17-8-3-1-4-9-17)24-23(16-20)18-10-5-2-6-11-18/h1-16H. The van der Waals surface area contributed by atoms with Gasteiger partial charge in [-0.3, -0.25) is 10.1 Å². The smallest absolute Gasteiger partial charge is 0.258 e. The molecule has 130 valence electrons. The molecule has 0 saturated heterocycles. The molecule has 0 radical (unpaired) electrons. The van der Waals surface area contributed by atoms with Crippen molar-refractivity contribution in [3.63, 3.8) is 0 Å². The quantitative estimate of drug-likeness (QED) is 0.335. The van der Waals surface area contributed by atoms with Gasteiger partial charge in [0.25, 0.3) is 5.69 Å². The molecule has 1 aromatic heterocycles. The Labute approximate surface area is 156 Å². The fourth-order valence-electron chi connectivity index (χ4n) is 3.01. The van der Waals surface area contributed by atoms with Gasteiger partial charge < -0.3 is 0 Å². The van der Waals surface area contributed by atoms with E-state index in [1.165, 1.54) is 6.07 Å². The Hall–Kier alpha value is -3.79. The molecule has 4 aromatic rings. The lowest BCUT2D eigenvalue weighted by molar-refractivity contribution is -0.384. The third-order valence-electron chi connectivity index (χ3n) is 4.35. The Morgan fingerprint density at radius 3 is 1.63 bits per heavy atom. The van der Waals surface area contributed by atoms with Crippen LogP contribution in [0.15, 0.2) is 97.1 Å². The second-order valence-corrected chi connectivity index (χ2v) is 6.17. The fraction of sp³-hybridized carbons (Fsp3) is 0. The molecule has 3 aromatic carbocycles. The van der Waals surface area contributed by atoms with Crippen LogP contribution < -0.4 is 0 Å². The van der Waals surface area contributed by atoms with E-state index in [0.29, 0.717) is 0 Å². The minimum Gasteiger partial charge on any atom is -0.258 e. The number of nitro benzene ring substituents is 1. The van der Waals surface area contributed by atoms with Gasteiger partial charge >= 0.3 is 0 Å². The predicted molar refractivity (Wildman–Crippen MR) is 107 cm³/mol. The SMILES string of the molecule is O=[N+]([O-])c1cccc(-c2cc(-c3ccccc3)nc(-c3ccccc3)c2)c1. The highest BCUT2D eigenvalue weighted by Gasteiger charge is 2.11. The van der Waals surface area contributed by atoms with Crippen molar-refractivity contribution >= 4 is 5.69 Å². The van der Waals surface area contributed by atoms with Crippen molar-refractivity contribution in [1.29, 1.82) is 0 Å². The zero-order valence-corrected chi connectivity index (χ0v) is 14.4. The van der Waals surface area contributed by atoms with Gasteiger partial charge in [-0.15, -0.1) is 0 Å². The molecule has 0 bridgehead atoms. The number of benzene rings is 3. The number of non-ortho nitro benzene ring substituents is 1. The van der Waals surface area contributed by atoms with E-state index >= 15 is 0 Å². The largest absolute Gasteiger partial charge is 0.270 e. The highest BCUT2D eigenvalue weighted by atomic mass is 16.6. The molecular formula is C23H16N2O2. The zero-order chi connectivity index (χ0) is 18.6. The minimum absolute atomic E-state index is 0.0758. The normalized spacial score (nSPS) is 10.5. The summed E-state index contributed by atoms with van der Waals surface area (Å²) in [5.41, 5.74) is 5.43. The van der Waals surface area contributed by atoms with Crippen molar-refractivity contribution in [1.82, 2.24) is 4.98 Å². The number of pyridine rings is 1. The fourth-order valence-corrected chi connectivity index (χ4v) is 3.01. The molecule has 1 heterocycles. The summed E-state index contributed by atoms with van der Waals surface area (Å²) < 4.78 is 0. The Bertz CT molecular complexity index is 1040. The van der Waals surface area contributed by atoms with Gasteiger partial charge in [0, 0.05) is 23.3 Å².